The highest BCUT2D eigenvalue weighted by molar-refractivity contribution is 7.94. The van der Waals surface area contributed by atoms with Crippen molar-refractivity contribution in [3.05, 3.63) is 0 Å². The fraction of sp³-hybridized carbons (Fsp3) is 1.00. The third kappa shape index (κ3) is 4.62. The topological polar surface area (TPSA) is 15.7 Å². The van der Waals surface area contributed by atoms with Crippen LogP contribution in [0.25, 0.3) is 0 Å². The van der Waals surface area contributed by atoms with Gasteiger partial charge in [-0.3, -0.25) is 9.80 Å². The molecule has 2 aliphatic rings. The number of rotatable bonds is 7. The molecule has 0 radical (unpaired) electrons. The molecule has 112 valence electrons. The number of hydrogen-bond donors (Lipinski definition) is 0. The highest BCUT2D eigenvalue weighted by atomic mass is 32.2. The van der Waals surface area contributed by atoms with Crippen LogP contribution in [0.2, 0.25) is 0 Å². The molecule has 0 unspecified atom stereocenters. The average molecular weight is 286 g/mol. The molecule has 0 spiro atoms. The molecular formula is C15H30N2OS. The first kappa shape index (κ1) is 15.6. The van der Waals surface area contributed by atoms with Gasteiger partial charge in [0.1, 0.15) is 0 Å². The zero-order valence-corrected chi connectivity index (χ0v) is 13.8. The lowest BCUT2D eigenvalue weighted by molar-refractivity contribution is 0.108. The van der Waals surface area contributed by atoms with Gasteiger partial charge in [0, 0.05) is 37.5 Å². The van der Waals surface area contributed by atoms with E-state index in [0.717, 1.165) is 31.0 Å². The molecule has 3 nitrogen and oxygen atoms in total. The summed E-state index contributed by atoms with van der Waals surface area (Å²) in [6, 6.07) is 1.60. The first-order valence-corrected chi connectivity index (χ1v) is 8.63. The monoisotopic (exact) mass is 286 g/mol. The maximum Gasteiger partial charge on any atom is 0.0741 e. The van der Waals surface area contributed by atoms with Crippen molar-refractivity contribution < 1.29 is 4.18 Å². The van der Waals surface area contributed by atoms with Gasteiger partial charge in [-0.15, -0.1) is 0 Å². The van der Waals surface area contributed by atoms with E-state index in [2.05, 4.69) is 37.5 Å². The lowest BCUT2D eigenvalue weighted by atomic mass is 9.92. The van der Waals surface area contributed by atoms with Gasteiger partial charge in [-0.05, 0) is 36.8 Å². The zero-order valence-electron chi connectivity index (χ0n) is 13.0. The van der Waals surface area contributed by atoms with Gasteiger partial charge in [0.15, 0.2) is 0 Å². The number of fused-ring (bicyclic) bond motifs is 2. The Bertz CT molecular complexity index is 280. The van der Waals surface area contributed by atoms with E-state index >= 15 is 0 Å². The second kappa shape index (κ2) is 6.79. The fourth-order valence-corrected chi connectivity index (χ4v) is 3.51. The van der Waals surface area contributed by atoms with Crippen LogP contribution in [0, 0.1) is 5.41 Å². The van der Waals surface area contributed by atoms with Gasteiger partial charge in [-0.1, -0.05) is 27.7 Å². The van der Waals surface area contributed by atoms with Gasteiger partial charge >= 0.3 is 0 Å². The van der Waals surface area contributed by atoms with E-state index in [4.69, 9.17) is 4.18 Å². The Hall–Kier alpha value is 0.230. The summed E-state index contributed by atoms with van der Waals surface area (Å²) in [6.07, 6.45) is 2.69. The predicted octanol–water partition coefficient (Wildman–Crippen LogP) is 2.87. The van der Waals surface area contributed by atoms with Crippen LogP contribution in [0.3, 0.4) is 0 Å². The molecule has 2 atom stereocenters. The molecule has 4 heteroatoms. The second-order valence-electron chi connectivity index (χ2n) is 7.07. The third-order valence-corrected chi connectivity index (χ3v) is 4.85. The molecule has 0 aromatic heterocycles. The van der Waals surface area contributed by atoms with Crippen molar-refractivity contribution >= 4 is 12.0 Å². The van der Waals surface area contributed by atoms with E-state index in [1.54, 1.807) is 12.0 Å². The maximum atomic E-state index is 5.53. The third-order valence-electron chi connectivity index (χ3n) is 4.28. The van der Waals surface area contributed by atoms with Crippen LogP contribution in [0.4, 0.5) is 0 Å². The Morgan fingerprint density at radius 3 is 2.26 bits per heavy atom. The summed E-state index contributed by atoms with van der Waals surface area (Å²) in [7, 11) is 0. The van der Waals surface area contributed by atoms with Gasteiger partial charge in [-0.2, -0.15) is 0 Å². The first-order chi connectivity index (χ1) is 8.99. The van der Waals surface area contributed by atoms with Crippen molar-refractivity contribution in [1.82, 2.24) is 9.80 Å². The number of hydrogen-bond acceptors (Lipinski definition) is 4. The summed E-state index contributed by atoms with van der Waals surface area (Å²) in [5.74, 6) is 1.05. The zero-order chi connectivity index (χ0) is 13.9. The molecule has 0 saturated carbocycles. The molecule has 0 N–H and O–H groups in total. The van der Waals surface area contributed by atoms with Crippen LogP contribution >= 0.6 is 12.0 Å². The molecule has 2 saturated heterocycles. The number of likely N-dealkylation sites (tertiary alicyclic amines) is 2. The second-order valence-corrected chi connectivity index (χ2v) is 8.12. The highest BCUT2D eigenvalue weighted by Gasteiger charge is 2.42. The Morgan fingerprint density at radius 1 is 1.11 bits per heavy atom. The quantitative estimate of drug-likeness (QED) is 0.528. The summed E-state index contributed by atoms with van der Waals surface area (Å²) in [5.41, 5.74) is 0.465. The van der Waals surface area contributed by atoms with Crippen molar-refractivity contribution in [3.63, 3.8) is 0 Å². The van der Waals surface area contributed by atoms with Gasteiger partial charge in [-0.25, -0.2) is 0 Å². The lowest BCUT2D eigenvalue weighted by Crippen LogP contribution is -2.47. The number of nitrogens with zero attached hydrogens (tertiary/aromatic N) is 2. The molecule has 2 rings (SSSR count). The molecule has 0 aromatic rings. The first-order valence-electron chi connectivity index (χ1n) is 7.72. The maximum absolute atomic E-state index is 5.53. The summed E-state index contributed by atoms with van der Waals surface area (Å²) < 4.78 is 5.53. The van der Waals surface area contributed by atoms with Crippen molar-refractivity contribution in [1.29, 1.82) is 0 Å². The minimum absolute atomic E-state index is 0.465. The minimum Gasteiger partial charge on any atom is -0.314 e. The molecule has 0 amide bonds. The standard InChI is InChI=1S/C15H30N2OS/c1-5-19-18-9-8-17-12-13-10-14(17)11-16(13)7-6-15(2,3)4/h13-14H,5-12H2,1-4H3/t13-,14-/m0/s1. The van der Waals surface area contributed by atoms with Crippen LogP contribution in [-0.4, -0.2) is 60.4 Å². The average Bonchev–Trinajstić information content (AvgIpc) is 2.90. The van der Waals surface area contributed by atoms with Crippen molar-refractivity contribution in [2.24, 2.45) is 5.41 Å². The van der Waals surface area contributed by atoms with Crippen LogP contribution < -0.4 is 0 Å². The van der Waals surface area contributed by atoms with Crippen LogP contribution in [0.15, 0.2) is 0 Å². The lowest BCUT2D eigenvalue weighted by Gasteiger charge is -2.35. The normalized spacial score (nSPS) is 28.4. The molecule has 0 aromatic carbocycles. The molecular weight excluding hydrogens is 256 g/mol. The van der Waals surface area contributed by atoms with Gasteiger partial charge in [0.05, 0.1) is 6.61 Å². The van der Waals surface area contributed by atoms with E-state index in [1.165, 1.54) is 32.5 Å². The Balaban J connectivity index is 1.66. The van der Waals surface area contributed by atoms with Crippen molar-refractivity contribution in [2.45, 2.75) is 52.6 Å². The van der Waals surface area contributed by atoms with E-state index in [1.807, 2.05) is 0 Å². The van der Waals surface area contributed by atoms with Crippen LogP contribution in [0.1, 0.15) is 40.5 Å². The smallest absolute Gasteiger partial charge is 0.0741 e. The molecule has 2 aliphatic heterocycles. The van der Waals surface area contributed by atoms with E-state index < -0.39 is 0 Å². The van der Waals surface area contributed by atoms with E-state index in [-0.39, 0.29) is 0 Å². The van der Waals surface area contributed by atoms with E-state index in [9.17, 15) is 0 Å². The summed E-state index contributed by atoms with van der Waals surface area (Å²) >= 11 is 1.59. The molecule has 19 heavy (non-hydrogen) atoms. The molecule has 2 fully saturated rings. The highest BCUT2D eigenvalue weighted by Crippen LogP contribution is 2.31. The van der Waals surface area contributed by atoms with Crippen molar-refractivity contribution in [2.75, 3.05) is 38.5 Å². The summed E-state index contributed by atoms with van der Waals surface area (Å²) in [5, 5.41) is 0. The van der Waals surface area contributed by atoms with Gasteiger partial charge < -0.3 is 4.18 Å². The largest absolute Gasteiger partial charge is 0.314 e. The minimum atomic E-state index is 0.465. The van der Waals surface area contributed by atoms with Gasteiger partial charge in [0.25, 0.3) is 0 Å². The summed E-state index contributed by atoms with van der Waals surface area (Å²) in [4.78, 5) is 5.35. The van der Waals surface area contributed by atoms with Crippen LogP contribution in [0.5, 0.6) is 0 Å². The predicted molar refractivity (Wildman–Crippen MR) is 83.5 cm³/mol. The van der Waals surface area contributed by atoms with Crippen molar-refractivity contribution in [3.8, 4) is 0 Å². The van der Waals surface area contributed by atoms with Crippen LogP contribution in [-0.2, 0) is 4.18 Å². The molecule has 2 heterocycles. The Labute approximate surface area is 123 Å². The molecule has 0 aliphatic carbocycles. The fourth-order valence-electron chi connectivity index (χ4n) is 3.16. The SMILES string of the molecule is CCSOCCN1C[C@@H]2C[C@H]1CN2CCC(C)(C)C. The van der Waals surface area contributed by atoms with Gasteiger partial charge in [0.2, 0.25) is 0 Å². The Morgan fingerprint density at radius 2 is 1.74 bits per heavy atom. The number of piperazine rings is 1. The Kier molecular flexibility index (Phi) is 5.58. The summed E-state index contributed by atoms with van der Waals surface area (Å²) in [6.45, 7) is 15.0. The molecule has 2 bridgehead atoms. The van der Waals surface area contributed by atoms with E-state index in [0.29, 0.717) is 5.41 Å².